The highest BCUT2D eigenvalue weighted by atomic mass is 35.5. The molecule has 3 aromatic rings. The van der Waals surface area contributed by atoms with Crippen LogP contribution in [0.2, 0.25) is 0 Å². The second-order valence-corrected chi connectivity index (χ2v) is 8.68. The zero-order valence-electron chi connectivity index (χ0n) is 17.3. The summed E-state index contributed by atoms with van der Waals surface area (Å²) < 4.78 is 22.7. The molecule has 0 aliphatic carbocycles. The minimum absolute atomic E-state index is 0.496. The first-order valence-electron chi connectivity index (χ1n) is 10.0. The summed E-state index contributed by atoms with van der Waals surface area (Å²) in [6.45, 7) is 2.97. The van der Waals surface area contributed by atoms with Crippen LogP contribution in [0.25, 0.3) is 22.2 Å². The number of unbranched alkanes of at least 4 members (excludes halogenated alkanes) is 1. The molecule has 1 atom stereocenters. The molecule has 1 aromatic heterocycles. The highest BCUT2D eigenvalue weighted by Gasteiger charge is 2.19. The van der Waals surface area contributed by atoms with Gasteiger partial charge in [-0.25, -0.2) is 4.21 Å². The Labute approximate surface area is 185 Å². The van der Waals surface area contributed by atoms with Crippen molar-refractivity contribution in [1.29, 1.82) is 5.26 Å². The monoisotopic (exact) mass is 443 g/mol. The van der Waals surface area contributed by atoms with Gasteiger partial charge in [0.1, 0.15) is 22.8 Å². The predicted molar refractivity (Wildman–Crippen MR) is 126 cm³/mol. The topological polar surface area (TPSA) is 67.0 Å². The summed E-state index contributed by atoms with van der Waals surface area (Å²) >= 11 is 5.67. The fourth-order valence-electron chi connectivity index (χ4n) is 3.48. The van der Waals surface area contributed by atoms with E-state index in [0.717, 1.165) is 53.0 Å². The number of aromatic nitrogens is 1. The van der Waals surface area contributed by atoms with Gasteiger partial charge in [0, 0.05) is 35.3 Å². The number of ether oxygens (including phenoxy) is 1. The Balaban J connectivity index is 2.03. The summed E-state index contributed by atoms with van der Waals surface area (Å²) in [4.78, 5) is 0. The highest BCUT2D eigenvalue weighted by Crippen LogP contribution is 2.36. The van der Waals surface area contributed by atoms with Gasteiger partial charge in [-0.15, -0.1) is 11.6 Å². The van der Waals surface area contributed by atoms with Crippen LogP contribution in [0.3, 0.4) is 0 Å². The molecular formula is C23H26ClN3O2S. The standard InChI is InChI=1S/C23H26ClN3O2S/c1-3-4-13-27-22-15-19(29-2)10-11-20(22)21(16-25)23(27)17-6-8-18(9-7-17)26-30(28)14-5-12-24/h6-11,15,26H,3-5,12-14H2,1-2H3. The lowest BCUT2D eigenvalue weighted by Gasteiger charge is -2.12. The maximum absolute atomic E-state index is 12.1. The van der Waals surface area contributed by atoms with Crippen LogP contribution in [0.1, 0.15) is 31.7 Å². The minimum Gasteiger partial charge on any atom is -0.497 e. The first kappa shape index (κ1) is 22.2. The Morgan fingerprint density at radius 3 is 2.60 bits per heavy atom. The maximum atomic E-state index is 12.1. The molecule has 1 unspecified atom stereocenters. The number of benzene rings is 2. The Bertz CT molecular complexity index is 1070. The SMILES string of the molecule is CCCCn1c(-c2ccc(NS(=O)CCCCl)cc2)c(C#N)c2ccc(OC)cc21. The van der Waals surface area contributed by atoms with E-state index in [1.165, 1.54) is 0 Å². The van der Waals surface area contributed by atoms with Crippen LogP contribution in [0.15, 0.2) is 42.5 Å². The smallest absolute Gasteiger partial charge is 0.120 e. The van der Waals surface area contributed by atoms with E-state index in [0.29, 0.717) is 23.6 Å². The van der Waals surface area contributed by atoms with Crippen LogP contribution >= 0.6 is 11.6 Å². The molecule has 0 aliphatic heterocycles. The van der Waals surface area contributed by atoms with Crippen molar-refractivity contribution in [3.05, 3.63) is 48.0 Å². The van der Waals surface area contributed by atoms with Gasteiger partial charge in [-0.2, -0.15) is 5.26 Å². The lowest BCUT2D eigenvalue weighted by atomic mass is 10.1. The Morgan fingerprint density at radius 2 is 1.97 bits per heavy atom. The van der Waals surface area contributed by atoms with E-state index in [1.807, 2.05) is 42.5 Å². The third-order valence-corrected chi connectivity index (χ3v) is 6.36. The summed E-state index contributed by atoms with van der Waals surface area (Å²) in [5.74, 6) is 1.78. The van der Waals surface area contributed by atoms with Crippen LogP contribution in [0.5, 0.6) is 5.75 Å². The molecule has 158 valence electrons. The van der Waals surface area contributed by atoms with Crippen molar-refractivity contribution in [3.8, 4) is 23.1 Å². The van der Waals surface area contributed by atoms with E-state index < -0.39 is 11.0 Å². The zero-order valence-corrected chi connectivity index (χ0v) is 18.9. The number of hydrogen-bond acceptors (Lipinski definition) is 3. The summed E-state index contributed by atoms with van der Waals surface area (Å²) in [6.07, 6.45) is 2.77. The number of alkyl halides is 1. The number of halogens is 1. The fraction of sp³-hybridized carbons (Fsp3) is 0.348. The minimum atomic E-state index is -1.16. The number of rotatable bonds is 10. The molecule has 0 saturated heterocycles. The molecule has 3 rings (SSSR count). The van der Waals surface area contributed by atoms with Crippen molar-refractivity contribution in [3.63, 3.8) is 0 Å². The van der Waals surface area contributed by atoms with E-state index in [2.05, 4.69) is 22.3 Å². The van der Waals surface area contributed by atoms with E-state index in [9.17, 15) is 9.47 Å². The van der Waals surface area contributed by atoms with Gasteiger partial charge >= 0.3 is 0 Å². The van der Waals surface area contributed by atoms with Gasteiger partial charge in [0.2, 0.25) is 0 Å². The molecule has 2 aromatic carbocycles. The third kappa shape index (κ3) is 4.80. The number of nitriles is 1. The lowest BCUT2D eigenvalue weighted by Crippen LogP contribution is -2.08. The second kappa shape index (κ2) is 10.5. The Morgan fingerprint density at radius 1 is 1.20 bits per heavy atom. The molecule has 5 nitrogen and oxygen atoms in total. The number of fused-ring (bicyclic) bond motifs is 1. The number of anilines is 1. The summed E-state index contributed by atoms with van der Waals surface area (Å²) in [6, 6.07) is 16.0. The molecule has 0 aliphatic rings. The van der Waals surface area contributed by atoms with Gasteiger partial charge in [-0.05, 0) is 42.7 Å². The van der Waals surface area contributed by atoms with E-state index in [1.54, 1.807) is 7.11 Å². The predicted octanol–water partition coefficient (Wildman–Crippen LogP) is 5.69. The highest BCUT2D eigenvalue weighted by molar-refractivity contribution is 7.86. The largest absolute Gasteiger partial charge is 0.497 e. The van der Waals surface area contributed by atoms with Gasteiger partial charge in [-0.1, -0.05) is 25.5 Å². The molecule has 0 spiro atoms. The third-order valence-electron chi connectivity index (χ3n) is 4.97. The van der Waals surface area contributed by atoms with Crippen molar-refractivity contribution in [2.75, 3.05) is 23.5 Å². The number of nitrogens with zero attached hydrogens (tertiary/aromatic N) is 2. The van der Waals surface area contributed by atoms with Crippen molar-refractivity contribution < 1.29 is 8.95 Å². The fourth-order valence-corrected chi connectivity index (χ4v) is 4.68. The quantitative estimate of drug-likeness (QED) is 0.409. The van der Waals surface area contributed by atoms with Crippen LogP contribution in [0.4, 0.5) is 5.69 Å². The van der Waals surface area contributed by atoms with Gasteiger partial charge < -0.3 is 14.0 Å². The Hall–Kier alpha value is -2.49. The van der Waals surface area contributed by atoms with Gasteiger partial charge in [0.25, 0.3) is 0 Å². The number of hydrogen-bond donors (Lipinski definition) is 1. The zero-order chi connectivity index (χ0) is 21.5. The first-order chi connectivity index (χ1) is 14.6. The first-order valence-corrected chi connectivity index (χ1v) is 11.9. The summed E-state index contributed by atoms with van der Waals surface area (Å²) in [5, 5.41) is 10.9. The van der Waals surface area contributed by atoms with Gasteiger partial charge in [0.05, 0.1) is 23.9 Å². The molecule has 0 radical (unpaired) electrons. The van der Waals surface area contributed by atoms with E-state index >= 15 is 0 Å². The average Bonchev–Trinajstić information content (AvgIpc) is 3.09. The molecule has 0 saturated carbocycles. The molecular weight excluding hydrogens is 418 g/mol. The molecule has 0 bridgehead atoms. The van der Waals surface area contributed by atoms with Gasteiger partial charge in [0.15, 0.2) is 0 Å². The number of aryl methyl sites for hydroxylation is 1. The summed E-state index contributed by atoms with van der Waals surface area (Å²) in [5.41, 5.74) is 4.30. The van der Waals surface area contributed by atoms with Crippen molar-refractivity contribution in [2.45, 2.75) is 32.7 Å². The van der Waals surface area contributed by atoms with Crippen LogP contribution in [0, 0.1) is 11.3 Å². The molecule has 1 heterocycles. The van der Waals surface area contributed by atoms with E-state index in [-0.39, 0.29) is 0 Å². The molecule has 30 heavy (non-hydrogen) atoms. The van der Waals surface area contributed by atoms with Crippen LogP contribution in [-0.4, -0.2) is 27.5 Å². The molecule has 0 amide bonds. The lowest BCUT2D eigenvalue weighted by molar-refractivity contribution is 0.415. The van der Waals surface area contributed by atoms with Gasteiger partial charge in [-0.3, -0.25) is 0 Å². The molecule has 0 fully saturated rings. The maximum Gasteiger partial charge on any atom is 0.120 e. The van der Waals surface area contributed by atoms with Crippen molar-refractivity contribution in [2.24, 2.45) is 0 Å². The number of methoxy groups -OCH3 is 1. The average molecular weight is 444 g/mol. The molecule has 7 heteroatoms. The second-order valence-electron chi connectivity index (χ2n) is 7.00. The summed E-state index contributed by atoms with van der Waals surface area (Å²) in [7, 11) is 0.489. The van der Waals surface area contributed by atoms with Crippen LogP contribution < -0.4 is 9.46 Å². The molecule has 1 N–H and O–H groups in total. The Kier molecular flexibility index (Phi) is 7.78. The van der Waals surface area contributed by atoms with Crippen molar-refractivity contribution >= 4 is 39.2 Å². The van der Waals surface area contributed by atoms with Crippen LogP contribution in [-0.2, 0) is 17.5 Å². The normalized spacial score (nSPS) is 11.9. The number of nitrogens with one attached hydrogen (secondary N) is 1. The van der Waals surface area contributed by atoms with Crippen molar-refractivity contribution in [1.82, 2.24) is 4.57 Å². The van der Waals surface area contributed by atoms with E-state index in [4.69, 9.17) is 16.3 Å².